The van der Waals surface area contributed by atoms with Crippen molar-refractivity contribution in [1.29, 1.82) is 0 Å². The summed E-state index contributed by atoms with van der Waals surface area (Å²) >= 11 is 0. The average molecular weight is 148 g/mol. The standard InChI is InChI=1S/C10H12O/c1-8(2)11-10-6-4-9(3)5-7-10/h3-8H,1-2H3. The summed E-state index contributed by atoms with van der Waals surface area (Å²) in [6.07, 6.45) is 0.221. The van der Waals surface area contributed by atoms with E-state index in [1.54, 1.807) is 0 Å². The maximum absolute atomic E-state index is 5.50. The third-order valence-corrected chi connectivity index (χ3v) is 1.25. The van der Waals surface area contributed by atoms with E-state index in [2.05, 4.69) is 0 Å². The zero-order chi connectivity index (χ0) is 8.27. The van der Waals surface area contributed by atoms with Crippen LogP contribution in [0.3, 0.4) is 0 Å². The molecule has 1 rings (SSSR count). The fraction of sp³-hybridized carbons (Fsp3) is 0.300. The Morgan fingerprint density at radius 3 is 2.18 bits per heavy atom. The van der Waals surface area contributed by atoms with Crippen molar-refractivity contribution in [2.24, 2.45) is 0 Å². The summed E-state index contributed by atoms with van der Waals surface area (Å²) in [5, 5.41) is 0. The Kier molecular flexibility index (Phi) is 2.53. The van der Waals surface area contributed by atoms with Crippen LogP contribution in [0.2, 0.25) is 0 Å². The minimum absolute atomic E-state index is 0.221. The molecule has 0 saturated heterocycles. The first-order valence-corrected chi connectivity index (χ1v) is 3.70. The molecular formula is C10H12O. The van der Waals surface area contributed by atoms with Gasteiger partial charge in [0.25, 0.3) is 0 Å². The molecule has 1 heteroatoms. The summed E-state index contributed by atoms with van der Waals surface area (Å²) in [6, 6.07) is 7.40. The van der Waals surface area contributed by atoms with E-state index in [1.807, 2.05) is 38.1 Å². The quantitative estimate of drug-likeness (QED) is 0.626. The molecule has 0 unspecified atom stereocenters. The largest absolute Gasteiger partial charge is 0.491 e. The summed E-state index contributed by atoms with van der Waals surface area (Å²) < 4.78 is 5.41. The molecular weight excluding hydrogens is 136 g/mol. The van der Waals surface area contributed by atoms with Crippen LogP contribution in [0.15, 0.2) is 24.3 Å². The van der Waals surface area contributed by atoms with E-state index in [0.717, 1.165) is 11.3 Å². The van der Waals surface area contributed by atoms with Crippen molar-refractivity contribution in [2.45, 2.75) is 20.0 Å². The Balaban J connectivity index is 2.66. The average Bonchev–Trinajstić information content (AvgIpc) is 1.93. The molecule has 0 aliphatic heterocycles. The fourth-order valence-corrected chi connectivity index (χ4v) is 0.819. The smallest absolute Gasteiger partial charge is 0.119 e. The second kappa shape index (κ2) is 3.42. The van der Waals surface area contributed by atoms with Gasteiger partial charge in [-0.3, -0.25) is 0 Å². The van der Waals surface area contributed by atoms with Crippen LogP contribution >= 0.6 is 0 Å². The summed E-state index contributed by atoms with van der Waals surface area (Å²) in [5.74, 6) is 0.870. The molecule has 0 atom stereocenters. The van der Waals surface area contributed by atoms with Gasteiger partial charge in [-0.2, -0.15) is 0 Å². The molecule has 0 heterocycles. The Hall–Kier alpha value is -0.980. The zero-order valence-electron chi connectivity index (χ0n) is 6.87. The Labute approximate surface area is 68.0 Å². The second-order valence-electron chi connectivity index (χ2n) is 2.74. The van der Waals surface area contributed by atoms with Crippen LogP contribution in [-0.2, 0) is 0 Å². The Morgan fingerprint density at radius 1 is 1.18 bits per heavy atom. The van der Waals surface area contributed by atoms with Gasteiger partial charge in [-0.15, -0.1) is 0 Å². The summed E-state index contributed by atoms with van der Waals surface area (Å²) in [7, 11) is 0. The van der Waals surface area contributed by atoms with E-state index >= 15 is 0 Å². The van der Waals surface area contributed by atoms with Crippen molar-refractivity contribution in [3.63, 3.8) is 0 Å². The molecule has 0 bridgehead atoms. The highest BCUT2D eigenvalue weighted by atomic mass is 16.5. The third kappa shape index (κ3) is 2.62. The lowest BCUT2D eigenvalue weighted by atomic mass is 10.2. The van der Waals surface area contributed by atoms with Gasteiger partial charge in [-0.1, -0.05) is 12.1 Å². The maximum atomic E-state index is 5.50. The van der Waals surface area contributed by atoms with Crippen molar-refractivity contribution in [2.75, 3.05) is 0 Å². The minimum atomic E-state index is 0.221. The van der Waals surface area contributed by atoms with Gasteiger partial charge in [0.05, 0.1) is 6.10 Å². The van der Waals surface area contributed by atoms with Gasteiger partial charge in [0.15, 0.2) is 0 Å². The van der Waals surface area contributed by atoms with Gasteiger partial charge in [0.2, 0.25) is 0 Å². The lowest BCUT2D eigenvalue weighted by Crippen LogP contribution is -2.05. The van der Waals surface area contributed by atoms with Crippen LogP contribution in [-0.4, -0.2) is 6.10 Å². The first kappa shape index (κ1) is 8.12. The highest BCUT2D eigenvalue weighted by Gasteiger charge is 1.94. The first-order chi connectivity index (χ1) is 5.18. The van der Waals surface area contributed by atoms with E-state index in [0.29, 0.717) is 0 Å². The van der Waals surface area contributed by atoms with Gasteiger partial charge < -0.3 is 4.74 Å². The number of hydrogen-bond donors (Lipinski definition) is 0. The number of ether oxygens (including phenoxy) is 1. The molecule has 0 saturated carbocycles. The van der Waals surface area contributed by atoms with E-state index in [9.17, 15) is 0 Å². The van der Waals surface area contributed by atoms with Gasteiger partial charge >= 0.3 is 0 Å². The van der Waals surface area contributed by atoms with Gasteiger partial charge in [-0.05, 0) is 38.5 Å². The van der Waals surface area contributed by atoms with E-state index in [-0.39, 0.29) is 6.10 Å². The summed E-state index contributed by atoms with van der Waals surface area (Å²) in [5.41, 5.74) is 0.765. The van der Waals surface area contributed by atoms with Crippen LogP contribution in [0.4, 0.5) is 0 Å². The minimum Gasteiger partial charge on any atom is -0.491 e. The number of rotatable bonds is 2. The molecule has 0 aliphatic rings. The number of benzene rings is 1. The van der Waals surface area contributed by atoms with Crippen LogP contribution in [0, 0.1) is 6.92 Å². The van der Waals surface area contributed by atoms with Crippen molar-refractivity contribution in [3.05, 3.63) is 36.8 Å². The number of hydrogen-bond acceptors (Lipinski definition) is 1. The van der Waals surface area contributed by atoms with Crippen molar-refractivity contribution in [1.82, 2.24) is 0 Å². The van der Waals surface area contributed by atoms with E-state index < -0.39 is 0 Å². The predicted molar refractivity (Wildman–Crippen MR) is 45.6 cm³/mol. The van der Waals surface area contributed by atoms with Gasteiger partial charge in [0.1, 0.15) is 5.75 Å². The van der Waals surface area contributed by atoms with E-state index in [4.69, 9.17) is 11.7 Å². The van der Waals surface area contributed by atoms with E-state index in [1.165, 1.54) is 0 Å². The molecule has 1 nitrogen and oxygen atoms in total. The van der Waals surface area contributed by atoms with Crippen LogP contribution in [0.5, 0.6) is 5.75 Å². The van der Waals surface area contributed by atoms with Crippen LogP contribution in [0.25, 0.3) is 0 Å². The molecule has 0 N–H and O–H groups in total. The fourth-order valence-electron chi connectivity index (χ4n) is 0.819. The molecule has 1 aromatic carbocycles. The lowest BCUT2D eigenvalue weighted by Gasteiger charge is -2.08. The third-order valence-electron chi connectivity index (χ3n) is 1.25. The molecule has 1 aromatic rings. The molecule has 0 aliphatic carbocycles. The second-order valence-corrected chi connectivity index (χ2v) is 2.74. The Morgan fingerprint density at radius 2 is 1.73 bits per heavy atom. The summed E-state index contributed by atoms with van der Waals surface area (Å²) in [4.78, 5) is 0. The molecule has 11 heavy (non-hydrogen) atoms. The van der Waals surface area contributed by atoms with Crippen LogP contribution < -0.4 is 4.74 Å². The monoisotopic (exact) mass is 148 g/mol. The highest BCUT2D eigenvalue weighted by Crippen LogP contribution is 2.12. The van der Waals surface area contributed by atoms with Crippen LogP contribution in [0.1, 0.15) is 19.4 Å². The molecule has 0 spiro atoms. The first-order valence-electron chi connectivity index (χ1n) is 3.70. The van der Waals surface area contributed by atoms with Gasteiger partial charge in [0, 0.05) is 0 Å². The SMILES string of the molecule is [CH]c1ccc(OC(C)C)cc1. The molecule has 0 aromatic heterocycles. The molecule has 2 radical (unpaired) electrons. The Bertz CT molecular complexity index is 211. The predicted octanol–water partition coefficient (Wildman–Crippen LogP) is 2.53. The van der Waals surface area contributed by atoms with Gasteiger partial charge in [-0.25, -0.2) is 0 Å². The summed E-state index contributed by atoms with van der Waals surface area (Å²) in [6.45, 7) is 9.49. The normalized spacial score (nSPS) is 10.2. The molecule has 58 valence electrons. The van der Waals surface area contributed by atoms with Crippen molar-refractivity contribution >= 4 is 0 Å². The zero-order valence-corrected chi connectivity index (χ0v) is 6.87. The maximum Gasteiger partial charge on any atom is 0.119 e. The topological polar surface area (TPSA) is 9.23 Å². The molecule has 0 fully saturated rings. The van der Waals surface area contributed by atoms with Crippen molar-refractivity contribution in [3.8, 4) is 5.75 Å². The van der Waals surface area contributed by atoms with Crippen molar-refractivity contribution < 1.29 is 4.74 Å². The highest BCUT2D eigenvalue weighted by molar-refractivity contribution is 5.28. The molecule has 0 amide bonds. The lowest BCUT2D eigenvalue weighted by molar-refractivity contribution is 0.242.